The van der Waals surface area contributed by atoms with Crippen molar-refractivity contribution in [1.29, 1.82) is 0 Å². The third-order valence-corrected chi connectivity index (χ3v) is 3.82. The molecule has 0 aliphatic heterocycles. The van der Waals surface area contributed by atoms with Crippen molar-refractivity contribution in [3.63, 3.8) is 0 Å². The van der Waals surface area contributed by atoms with Crippen LogP contribution < -0.4 is 0 Å². The fourth-order valence-corrected chi connectivity index (χ4v) is 2.53. The topological polar surface area (TPSA) is 98.6 Å². The van der Waals surface area contributed by atoms with E-state index in [0.29, 0.717) is 22.1 Å². The lowest BCUT2D eigenvalue weighted by atomic mass is 10.1. The molecule has 0 saturated heterocycles. The molecule has 0 aliphatic carbocycles. The van der Waals surface area contributed by atoms with Crippen molar-refractivity contribution in [1.82, 2.24) is 4.98 Å². The van der Waals surface area contributed by atoms with Crippen LogP contribution in [-0.2, 0) is 16.1 Å². The van der Waals surface area contributed by atoms with Crippen molar-refractivity contribution in [3.8, 4) is 0 Å². The van der Waals surface area contributed by atoms with Gasteiger partial charge in [0.05, 0.1) is 12.2 Å². The van der Waals surface area contributed by atoms with Gasteiger partial charge < -0.3 is 18.9 Å². The Kier molecular flexibility index (Phi) is 4.88. The third kappa shape index (κ3) is 3.37. The maximum Gasteiger partial charge on any atom is 0.374 e. The minimum atomic E-state index is -0.641. The summed E-state index contributed by atoms with van der Waals surface area (Å²) in [5.74, 6) is -1.41. The van der Waals surface area contributed by atoms with E-state index in [-0.39, 0.29) is 30.5 Å². The molecule has 3 rings (SSSR count). The number of rotatable bonds is 6. The van der Waals surface area contributed by atoms with E-state index in [4.69, 9.17) is 13.9 Å². The number of carbonyl (C=O) groups excluding carboxylic acids is 3. The molecule has 134 valence electrons. The number of hydrogen-bond acceptors (Lipinski definition) is 6. The molecule has 7 heteroatoms. The van der Waals surface area contributed by atoms with Gasteiger partial charge in [0.2, 0.25) is 5.76 Å². The summed E-state index contributed by atoms with van der Waals surface area (Å²) in [6.07, 6.45) is 1.44. The van der Waals surface area contributed by atoms with Gasteiger partial charge in [-0.2, -0.15) is 0 Å². The first-order valence-corrected chi connectivity index (χ1v) is 8.05. The molecule has 0 saturated carbocycles. The van der Waals surface area contributed by atoms with Gasteiger partial charge in [0.1, 0.15) is 17.9 Å². The number of ether oxygens (including phenoxy) is 2. The Labute approximate surface area is 148 Å². The van der Waals surface area contributed by atoms with Gasteiger partial charge in [0.25, 0.3) is 0 Å². The average molecular weight is 355 g/mol. The van der Waals surface area contributed by atoms with Crippen LogP contribution in [0.25, 0.3) is 11.0 Å². The largest absolute Gasteiger partial charge is 0.460 e. The van der Waals surface area contributed by atoms with E-state index in [9.17, 15) is 14.4 Å². The molecule has 0 radical (unpaired) electrons. The van der Waals surface area contributed by atoms with Gasteiger partial charge in [-0.15, -0.1) is 0 Å². The van der Waals surface area contributed by atoms with Gasteiger partial charge in [0, 0.05) is 17.1 Å². The molecule has 0 amide bonds. The summed E-state index contributed by atoms with van der Waals surface area (Å²) in [7, 11) is 0. The second-order valence-electron chi connectivity index (χ2n) is 5.56. The van der Waals surface area contributed by atoms with Crippen molar-refractivity contribution in [3.05, 3.63) is 59.1 Å². The fraction of sp³-hybridized carbons (Fsp3) is 0.211. The van der Waals surface area contributed by atoms with Gasteiger partial charge in [-0.25, -0.2) is 9.59 Å². The van der Waals surface area contributed by atoms with E-state index in [1.54, 1.807) is 31.2 Å². The zero-order chi connectivity index (χ0) is 18.7. The van der Waals surface area contributed by atoms with Crippen LogP contribution >= 0.6 is 0 Å². The second-order valence-corrected chi connectivity index (χ2v) is 5.56. The predicted octanol–water partition coefficient (Wildman–Crippen LogP) is 3.50. The van der Waals surface area contributed by atoms with Crippen molar-refractivity contribution >= 4 is 28.7 Å². The zero-order valence-electron chi connectivity index (χ0n) is 14.3. The minimum Gasteiger partial charge on any atom is -0.460 e. The molecule has 1 N–H and O–H groups in total. The Morgan fingerprint density at radius 2 is 1.88 bits per heavy atom. The van der Waals surface area contributed by atoms with E-state index in [1.807, 2.05) is 0 Å². The van der Waals surface area contributed by atoms with Crippen molar-refractivity contribution in [2.75, 3.05) is 6.61 Å². The molecular formula is C19H17NO6. The van der Waals surface area contributed by atoms with Crippen LogP contribution in [0.1, 0.15) is 50.8 Å². The lowest BCUT2D eigenvalue weighted by Crippen LogP contribution is -2.10. The number of carbonyl (C=O) groups is 3. The van der Waals surface area contributed by atoms with Crippen LogP contribution in [0, 0.1) is 0 Å². The first-order valence-electron chi connectivity index (χ1n) is 8.05. The maximum atomic E-state index is 12.2. The Balaban J connectivity index is 1.85. The van der Waals surface area contributed by atoms with Crippen LogP contribution in [0.5, 0.6) is 0 Å². The quantitative estimate of drug-likeness (QED) is 0.537. The normalized spacial score (nSPS) is 10.7. The van der Waals surface area contributed by atoms with Crippen molar-refractivity contribution in [2.24, 2.45) is 0 Å². The summed E-state index contributed by atoms with van der Waals surface area (Å²) in [5.41, 5.74) is 1.48. The number of para-hydroxylation sites is 1. The van der Waals surface area contributed by atoms with E-state index in [0.717, 1.165) is 0 Å². The Hall–Kier alpha value is -3.35. The lowest BCUT2D eigenvalue weighted by molar-refractivity contribution is 0.0431. The van der Waals surface area contributed by atoms with Crippen LogP contribution in [0.15, 0.2) is 40.9 Å². The molecule has 0 atom stereocenters. The molecule has 0 bridgehead atoms. The Morgan fingerprint density at radius 1 is 1.12 bits per heavy atom. The number of fused-ring (bicyclic) bond motifs is 1. The molecule has 0 aliphatic rings. The number of Topliss-reactive ketones (excluding diaryl/α,β-unsaturated/α-hetero) is 1. The molecule has 7 nitrogen and oxygen atoms in total. The van der Waals surface area contributed by atoms with Crippen molar-refractivity contribution < 1.29 is 28.3 Å². The third-order valence-electron chi connectivity index (χ3n) is 3.82. The minimum absolute atomic E-state index is 0.0109. The molecule has 2 heterocycles. The molecule has 2 aromatic heterocycles. The van der Waals surface area contributed by atoms with Gasteiger partial charge in [-0.3, -0.25) is 4.79 Å². The number of aromatic nitrogens is 1. The number of esters is 2. The number of aromatic amines is 1. The summed E-state index contributed by atoms with van der Waals surface area (Å²) in [4.78, 5) is 38.4. The number of hydrogen-bond donors (Lipinski definition) is 1. The fourth-order valence-electron chi connectivity index (χ4n) is 2.53. The Bertz CT molecular complexity index is 981. The van der Waals surface area contributed by atoms with Crippen LogP contribution in [0.4, 0.5) is 0 Å². The van der Waals surface area contributed by atoms with Gasteiger partial charge in [-0.1, -0.05) is 18.2 Å². The van der Waals surface area contributed by atoms with Crippen LogP contribution in [0.3, 0.4) is 0 Å². The van der Waals surface area contributed by atoms with E-state index >= 15 is 0 Å². The van der Waals surface area contributed by atoms with E-state index in [2.05, 4.69) is 4.98 Å². The SMILES string of the molecule is CCOC(=O)c1oc2ccccc2c1COC(=O)c1cc(C(C)=O)c[nH]1. The van der Waals surface area contributed by atoms with E-state index < -0.39 is 11.9 Å². The number of nitrogens with one attached hydrogen (secondary N) is 1. The number of benzene rings is 1. The highest BCUT2D eigenvalue weighted by Gasteiger charge is 2.23. The van der Waals surface area contributed by atoms with E-state index in [1.165, 1.54) is 19.2 Å². The summed E-state index contributed by atoms with van der Waals surface area (Å²) in [5, 5.41) is 0.666. The average Bonchev–Trinajstić information content (AvgIpc) is 3.25. The maximum absolute atomic E-state index is 12.2. The zero-order valence-corrected chi connectivity index (χ0v) is 14.3. The highest BCUT2D eigenvalue weighted by molar-refractivity contribution is 5.98. The summed E-state index contributed by atoms with van der Waals surface area (Å²) < 4.78 is 15.9. The molecule has 1 aromatic carbocycles. The Morgan fingerprint density at radius 3 is 2.58 bits per heavy atom. The number of ketones is 1. The standard InChI is InChI=1S/C19H17NO6/c1-3-24-19(23)17-14(13-6-4-5-7-16(13)26-17)10-25-18(22)15-8-12(9-20-15)11(2)21/h4-9,20H,3,10H2,1-2H3. The lowest BCUT2D eigenvalue weighted by Gasteiger charge is -2.05. The first-order chi connectivity index (χ1) is 12.5. The van der Waals surface area contributed by atoms with Gasteiger partial charge in [0.15, 0.2) is 5.78 Å². The molecule has 3 aromatic rings. The predicted molar refractivity (Wildman–Crippen MR) is 92.1 cm³/mol. The summed E-state index contributed by atoms with van der Waals surface area (Å²) in [6.45, 7) is 3.13. The summed E-state index contributed by atoms with van der Waals surface area (Å²) >= 11 is 0. The van der Waals surface area contributed by atoms with Gasteiger partial charge >= 0.3 is 11.9 Å². The summed E-state index contributed by atoms with van der Waals surface area (Å²) in [6, 6.07) is 8.48. The molecule has 26 heavy (non-hydrogen) atoms. The van der Waals surface area contributed by atoms with Crippen molar-refractivity contribution in [2.45, 2.75) is 20.5 Å². The van der Waals surface area contributed by atoms with Crippen LogP contribution in [-0.4, -0.2) is 29.3 Å². The molecule has 0 unspecified atom stereocenters. The monoisotopic (exact) mass is 355 g/mol. The molecular weight excluding hydrogens is 338 g/mol. The highest BCUT2D eigenvalue weighted by Crippen LogP contribution is 2.27. The smallest absolute Gasteiger partial charge is 0.374 e. The molecule has 0 spiro atoms. The molecule has 0 fully saturated rings. The number of H-pyrrole nitrogens is 1. The number of furan rings is 1. The van der Waals surface area contributed by atoms with Crippen LogP contribution in [0.2, 0.25) is 0 Å². The highest BCUT2D eigenvalue weighted by atomic mass is 16.5. The second kappa shape index (κ2) is 7.26. The first kappa shape index (κ1) is 17.5. The van der Waals surface area contributed by atoms with Gasteiger partial charge in [-0.05, 0) is 26.0 Å².